The van der Waals surface area contributed by atoms with Gasteiger partial charge in [0.1, 0.15) is 22.9 Å². The minimum absolute atomic E-state index is 0. The van der Waals surface area contributed by atoms with Crippen molar-refractivity contribution >= 4 is 44.7 Å². The van der Waals surface area contributed by atoms with Crippen LogP contribution in [0.1, 0.15) is 67.6 Å². The monoisotopic (exact) mass is 856 g/mol. The molecule has 1 radical (unpaired) electrons. The van der Waals surface area contributed by atoms with Crippen molar-refractivity contribution in [3.8, 4) is 34.6 Å². The van der Waals surface area contributed by atoms with Gasteiger partial charge in [0.15, 0.2) is 9.84 Å². The molecule has 6 aromatic rings. The average molecular weight is 857 g/mol. The van der Waals surface area contributed by atoms with Crippen molar-refractivity contribution in [2.45, 2.75) is 50.2 Å². The summed E-state index contributed by atoms with van der Waals surface area (Å²) in [5.41, 5.74) is 4.35. The van der Waals surface area contributed by atoms with Gasteiger partial charge in [0.25, 0.3) is 0 Å². The van der Waals surface area contributed by atoms with Gasteiger partial charge in [-0.05, 0) is 72.0 Å². The molecule has 6 rings (SSSR count). The van der Waals surface area contributed by atoms with Gasteiger partial charge < -0.3 is 25.0 Å². The van der Waals surface area contributed by atoms with Crippen LogP contribution in [0.5, 0.6) is 23.3 Å². The molecule has 4 aromatic carbocycles. The average Bonchev–Trinajstić information content (AvgIpc) is 3.67. The van der Waals surface area contributed by atoms with Crippen molar-refractivity contribution in [1.29, 1.82) is 0 Å². The number of phenolic OH excluding ortho intramolecular Hbond substituents is 2. The SMILES string of the molecule is CC(C)c1nn(-c2ccccc2)c(O)c1C=Nc1cc(CS(=O)[O-])ccc1O.CC(C)c1nn(-c2ccccc2)c(O)c1C=Nc1cc(S(C)(=O)=O)ccc1O.[Co]. The van der Waals surface area contributed by atoms with Crippen LogP contribution in [0, 0.1) is 0 Å². The Labute approximate surface area is 343 Å². The zero-order valence-electron chi connectivity index (χ0n) is 31.5. The molecule has 0 amide bonds. The van der Waals surface area contributed by atoms with Gasteiger partial charge in [-0.3, -0.25) is 14.2 Å². The first-order chi connectivity index (χ1) is 26.5. The van der Waals surface area contributed by atoms with E-state index in [-0.39, 0.29) is 73.9 Å². The first-order valence-electron chi connectivity index (χ1n) is 17.3. The Balaban J connectivity index is 0.000000248. The van der Waals surface area contributed by atoms with E-state index in [0.717, 1.165) is 6.26 Å². The number of hydrogen-bond donors (Lipinski definition) is 4. The largest absolute Gasteiger partial charge is 0.772 e. The maximum absolute atomic E-state index is 11.7. The van der Waals surface area contributed by atoms with Gasteiger partial charge in [-0.2, -0.15) is 10.2 Å². The van der Waals surface area contributed by atoms with Crippen molar-refractivity contribution in [1.82, 2.24) is 19.6 Å². The molecule has 4 N–H and O–H groups in total. The molecule has 2 aromatic heterocycles. The molecule has 1 unspecified atom stereocenters. The molecule has 2 heterocycles. The van der Waals surface area contributed by atoms with Gasteiger partial charge in [0, 0.05) is 41.2 Å². The molecule has 0 bridgehead atoms. The van der Waals surface area contributed by atoms with Crippen LogP contribution in [0.25, 0.3) is 11.4 Å². The second-order valence-electron chi connectivity index (χ2n) is 13.3. The van der Waals surface area contributed by atoms with Crippen molar-refractivity contribution in [3.63, 3.8) is 0 Å². The van der Waals surface area contributed by atoms with Crippen molar-refractivity contribution in [2.75, 3.05) is 6.26 Å². The summed E-state index contributed by atoms with van der Waals surface area (Å²) in [6.45, 7) is 7.79. The summed E-state index contributed by atoms with van der Waals surface area (Å²) in [4.78, 5) is 8.52. The van der Waals surface area contributed by atoms with Gasteiger partial charge >= 0.3 is 0 Å². The van der Waals surface area contributed by atoms with Crippen LogP contribution in [-0.2, 0) is 43.4 Å². The van der Waals surface area contributed by atoms with Crippen molar-refractivity contribution in [2.24, 2.45) is 9.98 Å². The predicted molar refractivity (Wildman–Crippen MR) is 215 cm³/mol. The quantitative estimate of drug-likeness (QED) is 0.0766. The zero-order valence-corrected chi connectivity index (χ0v) is 34.2. The maximum Gasteiger partial charge on any atom is 0.223 e. The van der Waals surface area contributed by atoms with Gasteiger partial charge in [0.05, 0.1) is 38.8 Å². The minimum Gasteiger partial charge on any atom is -0.772 e. The Morgan fingerprint density at radius 2 is 1.12 bits per heavy atom. The minimum atomic E-state index is -3.44. The van der Waals surface area contributed by atoms with E-state index < -0.39 is 20.9 Å². The maximum atomic E-state index is 11.7. The Hall–Kier alpha value is -5.59. The number of para-hydroxylation sites is 2. The summed E-state index contributed by atoms with van der Waals surface area (Å²) in [5, 5.41) is 50.4. The van der Waals surface area contributed by atoms with Gasteiger partial charge in [-0.25, -0.2) is 17.8 Å². The standard InChI is InChI=1S/2C20H21N3O4S.Co/c1-13(2)19-16(20(25)23(22-19)14-7-5-4-6-8-14)12-21-17-11-15(28(3,26)27)9-10-18(17)24;1-13(2)19-16(20(25)23(22-19)15-6-4-3-5-7-15)11-21-17-10-14(12-28(26)27)8-9-18(17)24;/h4-13,24-25H,1-3H3;3-11,13,24-25H,12H2,1-2H3,(H,26,27);/p-1. The van der Waals surface area contributed by atoms with E-state index >= 15 is 0 Å². The molecule has 57 heavy (non-hydrogen) atoms. The smallest absolute Gasteiger partial charge is 0.223 e. The molecule has 0 saturated carbocycles. The number of benzene rings is 4. The molecule has 14 nitrogen and oxygen atoms in total. The fraction of sp³-hybridized carbons (Fsp3) is 0.200. The molecule has 0 saturated heterocycles. The van der Waals surface area contributed by atoms with E-state index in [1.54, 1.807) is 0 Å². The van der Waals surface area contributed by atoms with Crippen LogP contribution in [0.2, 0.25) is 0 Å². The predicted octanol–water partition coefficient (Wildman–Crippen LogP) is 7.10. The number of aliphatic imine (C=N–C) groups is 2. The van der Waals surface area contributed by atoms with Crippen molar-refractivity contribution in [3.05, 3.63) is 125 Å². The fourth-order valence-corrected chi connectivity index (χ4v) is 6.57. The third-order valence-electron chi connectivity index (χ3n) is 8.31. The zero-order chi connectivity index (χ0) is 40.7. The topological polar surface area (TPSA) is 216 Å². The Kier molecular flexibility index (Phi) is 14.7. The number of hydrogen-bond acceptors (Lipinski definition) is 12. The Morgan fingerprint density at radius 3 is 1.53 bits per heavy atom. The van der Waals surface area contributed by atoms with E-state index in [4.69, 9.17) is 0 Å². The second kappa shape index (κ2) is 19.0. The summed E-state index contributed by atoms with van der Waals surface area (Å²) in [6.07, 6.45) is 3.90. The molecule has 1 atom stereocenters. The number of nitrogens with zero attached hydrogens (tertiary/aromatic N) is 6. The summed E-state index contributed by atoms with van der Waals surface area (Å²) in [5.74, 6) is -0.528. The molecule has 0 aliphatic rings. The summed E-state index contributed by atoms with van der Waals surface area (Å²) < 4.78 is 48.1. The molecule has 0 spiro atoms. The van der Waals surface area contributed by atoms with Crippen LogP contribution in [0.4, 0.5) is 11.4 Å². The summed E-state index contributed by atoms with van der Waals surface area (Å²) >= 11 is -2.24. The molecule has 0 aliphatic carbocycles. The van der Waals surface area contributed by atoms with Crippen LogP contribution in [-0.4, -0.2) is 75.9 Å². The van der Waals surface area contributed by atoms with E-state index in [0.29, 0.717) is 39.5 Å². The Bertz CT molecular complexity index is 2520. The molecule has 0 fully saturated rings. The fourth-order valence-electron chi connectivity index (χ4n) is 5.48. The number of aromatic nitrogens is 4. The normalized spacial score (nSPS) is 12.2. The van der Waals surface area contributed by atoms with Gasteiger partial charge in [-0.15, -0.1) is 0 Å². The molecular weight excluding hydrogens is 816 g/mol. The second-order valence-corrected chi connectivity index (χ2v) is 16.2. The van der Waals surface area contributed by atoms with E-state index in [1.807, 2.05) is 88.4 Å². The third-order valence-corrected chi connectivity index (χ3v) is 9.99. The third kappa shape index (κ3) is 10.8. The van der Waals surface area contributed by atoms with Crippen LogP contribution in [0.15, 0.2) is 112 Å². The van der Waals surface area contributed by atoms with E-state index in [1.165, 1.54) is 58.2 Å². The van der Waals surface area contributed by atoms with Crippen LogP contribution < -0.4 is 0 Å². The number of sulfone groups is 1. The van der Waals surface area contributed by atoms with E-state index in [2.05, 4.69) is 20.2 Å². The summed E-state index contributed by atoms with van der Waals surface area (Å²) in [6, 6.07) is 26.7. The van der Waals surface area contributed by atoms with Gasteiger partial charge in [0.2, 0.25) is 11.8 Å². The summed E-state index contributed by atoms with van der Waals surface area (Å²) in [7, 11) is -3.44. The van der Waals surface area contributed by atoms with E-state index in [9.17, 15) is 37.6 Å². The number of aromatic hydroxyl groups is 4. The number of phenols is 2. The molecule has 17 heteroatoms. The molecular formula is C40H41CoN6O8S2-. The first-order valence-corrected chi connectivity index (χ1v) is 20.4. The molecule has 301 valence electrons. The van der Waals surface area contributed by atoms with Crippen LogP contribution in [0.3, 0.4) is 0 Å². The van der Waals surface area contributed by atoms with Crippen molar-refractivity contribution < 1.29 is 54.4 Å². The Morgan fingerprint density at radius 1 is 0.702 bits per heavy atom. The number of rotatable bonds is 11. The van der Waals surface area contributed by atoms with Crippen LogP contribution >= 0.6 is 0 Å². The van der Waals surface area contributed by atoms with Gasteiger partial charge in [-0.1, -0.05) is 81.2 Å². The first kappa shape index (κ1) is 44.1. The molecule has 0 aliphatic heterocycles.